The fraction of sp³-hybridized carbons (Fsp3) is 1.00. The molecule has 0 radical (unpaired) electrons. The van der Waals surface area contributed by atoms with Crippen molar-refractivity contribution in [3.05, 3.63) is 0 Å². The molecule has 1 N–H and O–H groups in total. The second-order valence-corrected chi connectivity index (χ2v) is 7.77. The third kappa shape index (κ3) is 47.2. The van der Waals surface area contributed by atoms with E-state index in [0.717, 1.165) is 13.2 Å². The van der Waals surface area contributed by atoms with Gasteiger partial charge >= 0.3 is 0 Å². The van der Waals surface area contributed by atoms with E-state index < -0.39 is 0 Å². The van der Waals surface area contributed by atoms with E-state index in [2.05, 4.69) is 5.32 Å². The second-order valence-electron chi connectivity index (χ2n) is 7.77. The van der Waals surface area contributed by atoms with Crippen LogP contribution < -0.4 is 5.32 Å². The molecular weight excluding hydrogens is 374 g/mol. The fourth-order valence-electron chi connectivity index (χ4n) is 1.17. The summed E-state index contributed by atoms with van der Waals surface area (Å²) in [5, 5.41) is 3.12. The zero-order valence-corrected chi connectivity index (χ0v) is 18.4. The maximum atomic E-state index is 5.33. The Morgan fingerprint density at radius 2 is 1.31 bits per heavy atom. The number of hydrogen-bond donors (Lipinski definition) is 1. The molecule has 0 rings (SSSR count). The largest absolute Gasteiger partial charge is 0.377 e. The lowest BCUT2D eigenvalue weighted by atomic mass is 10.2. The van der Waals surface area contributed by atoms with Gasteiger partial charge < -0.3 is 18.9 Å². The summed E-state index contributed by atoms with van der Waals surface area (Å²) < 4.78 is 20.9. The van der Waals surface area contributed by atoms with Gasteiger partial charge in [-0.15, -0.1) is 0 Å². The summed E-state index contributed by atoms with van der Waals surface area (Å²) in [6, 6.07) is 0. The molecule has 0 atom stereocenters. The van der Waals surface area contributed by atoms with E-state index in [1.807, 2.05) is 62.3 Å². The molecule has 0 bridgehead atoms. The zero-order chi connectivity index (χ0) is 20.4. The first-order valence-corrected chi connectivity index (χ1v) is 9.44. The van der Waals surface area contributed by atoms with E-state index >= 15 is 0 Å². The van der Waals surface area contributed by atoms with Crippen LogP contribution in [0.1, 0.15) is 84.6 Å². The standard InChI is InChI=1S/C10H22O4.C9H21NO2.3CH4/c1-9(2)6-13-14-8-11-7-12-10(3,4)5;1-8(2)11-6-5-10-7-12-9(3)4;;;/h9H,6-8H2,1-5H3;8-10H,5-7H2,1-4H3;3*1H4. The fourth-order valence-corrected chi connectivity index (χ4v) is 1.17. The molecule has 0 heterocycles. The summed E-state index contributed by atoms with van der Waals surface area (Å²) in [4.78, 5) is 9.60. The van der Waals surface area contributed by atoms with Gasteiger partial charge in [-0.1, -0.05) is 36.1 Å². The molecule has 0 aromatic heterocycles. The van der Waals surface area contributed by atoms with Gasteiger partial charge in [0, 0.05) is 6.54 Å². The maximum absolute atomic E-state index is 5.33. The smallest absolute Gasteiger partial charge is 0.183 e. The van der Waals surface area contributed by atoms with Crippen LogP contribution in [0.3, 0.4) is 0 Å². The first-order chi connectivity index (χ1) is 12.0. The van der Waals surface area contributed by atoms with E-state index in [-0.39, 0.29) is 41.5 Å². The number of hydrogen-bond acceptors (Lipinski definition) is 7. The Balaban J connectivity index is -0.000000121. The monoisotopic (exact) mass is 429 g/mol. The first-order valence-electron chi connectivity index (χ1n) is 9.44. The van der Waals surface area contributed by atoms with Gasteiger partial charge in [-0.2, -0.15) is 0 Å². The summed E-state index contributed by atoms with van der Waals surface area (Å²) in [5.41, 5.74) is -0.182. The molecule has 0 aliphatic carbocycles. The minimum Gasteiger partial charge on any atom is -0.377 e. The molecule has 0 aromatic rings. The highest BCUT2D eigenvalue weighted by molar-refractivity contribution is 4.56. The number of nitrogens with one attached hydrogen (secondary N) is 1. The normalized spacial score (nSPS) is 10.8. The molecule has 184 valence electrons. The van der Waals surface area contributed by atoms with Crippen molar-refractivity contribution in [2.75, 3.05) is 40.1 Å². The van der Waals surface area contributed by atoms with Crippen molar-refractivity contribution in [2.45, 2.75) is 102 Å². The highest BCUT2D eigenvalue weighted by Crippen LogP contribution is 2.05. The third-order valence-corrected chi connectivity index (χ3v) is 2.44. The molecule has 0 aromatic carbocycles. The van der Waals surface area contributed by atoms with Crippen molar-refractivity contribution in [2.24, 2.45) is 5.92 Å². The number of rotatable bonds is 14. The van der Waals surface area contributed by atoms with Gasteiger partial charge in [0.1, 0.15) is 6.79 Å². The molecule has 7 nitrogen and oxygen atoms in total. The number of ether oxygens (including phenoxy) is 4. The molecule has 0 spiro atoms. The van der Waals surface area contributed by atoms with Crippen LogP contribution in [0, 0.1) is 5.92 Å². The lowest BCUT2D eigenvalue weighted by molar-refractivity contribution is -0.350. The van der Waals surface area contributed by atoms with Crippen molar-refractivity contribution < 1.29 is 28.7 Å². The lowest BCUT2D eigenvalue weighted by Crippen LogP contribution is -2.25. The Kier molecular flexibility index (Phi) is 34.8. The first kappa shape index (κ1) is 39.2. The summed E-state index contributed by atoms with van der Waals surface area (Å²) in [7, 11) is 0. The van der Waals surface area contributed by atoms with E-state index in [0.29, 0.717) is 31.5 Å². The van der Waals surface area contributed by atoms with Crippen LogP contribution in [0.25, 0.3) is 0 Å². The van der Waals surface area contributed by atoms with Crippen LogP contribution in [-0.2, 0) is 28.7 Å². The minimum absolute atomic E-state index is 0. The third-order valence-electron chi connectivity index (χ3n) is 2.44. The Morgan fingerprint density at radius 3 is 1.76 bits per heavy atom. The van der Waals surface area contributed by atoms with Crippen molar-refractivity contribution in [3.8, 4) is 0 Å². The molecular formula is C22H55NO6. The van der Waals surface area contributed by atoms with E-state index in [4.69, 9.17) is 28.7 Å². The highest BCUT2D eigenvalue weighted by atomic mass is 17.2. The predicted molar refractivity (Wildman–Crippen MR) is 124 cm³/mol. The van der Waals surface area contributed by atoms with Gasteiger partial charge in [0.25, 0.3) is 0 Å². The van der Waals surface area contributed by atoms with E-state index in [1.165, 1.54) is 0 Å². The van der Waals surface area contributed by atoms with Crippen LogP contribution in [0.5, 0.6) is 0 Å². The summed E-state index contributed by atoms with van der Waals surface area (Å²) in [6.07, 6.45) is 0.612. The Labute approximate surface area is 183 Å². The van der Waals surface area contributed by atoms with Gasteiger partial charge in [-0.25, -0.2) is 9.78 Å². The van der Waals surface area contributed by atoms with Crippen LogP contribution in [0.15, 0.2) is 0 Å². The van der Waals surface area contributed by atoms with Crippen molar-refractivity contribution in [1.82, 2.24) is 5.32 Å². The second kappa shape index (κ2) is 25.8. The van der Waals surface area contributed by atoms with Crippen LogP contribution >= 0.6 is 0 Å². The van der Waals surface area contributed by atoms with Crippen molar-refractivity contribution in [1.29, 1.82) is 0 Å². The molecule has 0 aliphatic rings. The van der Waals surface area contributed by atoms with Gasteiger partial charge in [-0.05, 0) is 54.4 Å². The summed E-state index contributed by atoms with van der Waals surface area (Å²) in [6.45, 7) is 21.2. The zero-order valence-electron chi connectivity index (χ0n) is 18.4. The molecule has 0 unspecified atom stereocenters. The average molecular weight is 430 g/mol. The van der Waals surface area contributed by atoms with E-state index in [9.17, 15) is 0 Å². The average Bonchev–Trinajstić information content (AvgIpc) is 2.48. The van der Waals surface area contributed by atoms with Gasteiger partial charge in [0.15, 0.2) is 6.79 Å². The van der Waals surface area contributed by atoms with Gasteiger partial charge in [0.05, 0.1) is 37.8 Å². The molecule has 0 fully saturated rings. The quantitative estimate of drug-likeness (QED) is 0.166. The predicted octanol–water partition coefficient (Wildman–Crippen LogP) is 5.63. The summed E-state index contributed by atoms with van der Waals surface area (Å²) in [5.74, 6) is 0.459. The Morgan fingerprint density at radius 1 is 0.759 bits per heavy atom. The van der Waals surface area contributed by atoms with Gasteiger partial charge in [0.2, 0.25) is 0 Å². The Hall–Kier alpha value is -0.280. The minimum atomic E-state index is -0.182. The molecule has 0 saturated carbocycles. The van der Waals surface area contributed by atoms with E-state index in [1.54, 1.807) is 0 Å². The molecule has 0 aliphatic heterocycles. The van der Waals surface area contributed by atoms with Crippen molar-refractivity contribution >= 4 is 0 Å². The molecule has 29 heavy (non-hydrogen) atoms. The SMILES string of the molecule is C.C.C.CC(C)COOCOCOC(C)(C)C.CC(C)OCCNCOC(C)C. The molecule has 0 amide bonds. The Bertz CT molecular complexity index is 269. The molecule has 0 saturated heterocycles. The highest BCUT2D eigenvalue weighted by Gasteiger charge is 2.09. The van der Waals surface area contributed by atoms with Gasteiger partial charge in [-0.3, -0.25) is 5.32 Å². The topological polar surface area (TPSA) is 67.4 Å². The maximum Gasteiger partial charge on any atom is 0.183 e. The van der Waals surface area contributed by atoms with Crippen molar-refractivity contribution in [3.63, 3.8) is 0 Å². The van der Waals surface area contributed by atoms with Crippen LogP contribution in [0.4, 0.5) is 0 Å². The lowest BCUT2D eigenvalue weighted by Gasteiger charge is -2.18. The summed E-state index contributed by atoms with van der Waals surface area (Å²) >= 11 is 0. The van der Waals surface area contributed by atoms with Crippen LogP contribution in [0.2, 0.25) is 0 Å². The molecule has 7 heteroatoms. The van der Waals surface area contributed by atoms with Crippen LogP contribution in [-0.4, -0.2) is 57.9 Å².